The molecule has 0 saturated carbocycles. The second-order valence-corrected chi connectivity index (χ2v) is 6.58. The van der Waals surface area contributed by atoms with Gasteiger partial charge in [-0.1, -0.05) is 24.3 Å². The van der Waals surface area contributed by atoms with E-state index in [1.54, 1.807) is 12.1 Å². The van der Waals surface area contributed by atoms with E-state index >= 15 is 0 Å². The van der Waals surface area contributed by atoms with Gasteiger partial charge < -0.3 is 14.5 Å². The second-order valence-electron chi connectivity index (χ2n) is 6.58. The molecule has 1 fully saturated rings. The third-order valence-corrected chi connectivity index (χ3v) is 4.85. The van der Waals surface area contributed by atoms with E-state index in [1.807, 2.05) is 42.2 Å². The van der Waals surface area contributed by atoms with Crippen LogP contribution in [0.15, 0.2) is 48.5 Å². The Morgan fingerprint density at radius 1 is 1.07 bits per heavy atom. The Morgan fingerprint density at radius 3 is 2.44 bits per heavy atom. The highest BCUT2D eigenvalue weighted by atomic mass is 16.5. The first-order valence-corrected chi connectivity index (χ1v) is 9.45. The number of rotatable bonds is 6. The van der Waals surface area contributed by atoms with Gasteiger partial charge in [0, 0.05) is 32.6 Å². The summed E-state index contributed by atoms with van der Waals surface area (Å²) in [6.07, 6.45) is 1.21. The van der Waals surface area contributed by atoms with E-state index in [9.17, 15) is 4.79 Å². The highest BCUT2D eigenvalue weighted by Crippen LogP contribution is 2.28. The van der Waals surface area contributed by atoms with Crippen LogP contribution in [0.4, 0.5) is 5.69 Å². The van der Waals surface area contributed by atoms with Crippen molar-refractivity contribution in [3.63, 3.8) is 0 Å². The molecule has 2 aromatic rings. The Kier molecular flexibility index (Phi) is 6.32. The van der Waals surface area contributed by atoms with E-state index < -0.39 is 0 Å². The number of amides is 1. The number of piperazine rings is 1. The molecule has 1 heterocycles. The summed E-state index contributed by atoms with van der Waals surface area (Å²) in [6.45, 7) is 5.71. The molecule has 1 aliphatic rings. The SMILES string of the molecule is CCOc1ccccc1N1CCN(C(=O)CCc2ccc(C#N)cc2)CC1. The number of nitrogens with zero attached hydrogens (tertiary/aromatic N) is 3. The number of para-hydroxylation sites is 2. The van der Waals surface area contributed by atoms with Crippen LogP contribution in [0.1, 0.15) is 24.5 Å². The quantitative estimate of drug-likeness (QED) is 0.791. The largest absolute Gasteiger partial charge is 0.492 e. The molecule has 3 rings (SSSR count). The van der Waals surface area contributed by atoms with Crippen LogP contribution in [0.2, 0.25) is 0 Å². The first-order valence-electron chi connectivity index (χ1n) is 9.45. The van der Waals surface area contributed by atoms with Gasteiger partial charge in [-0.05, 0) is 43.2 Å². The Hall–Kier alpha value is -3.00. The number of carbonyl (C=O) groups excluding carboxylic acids is 1. The molecule has 140 valence electrons. The first-order chi connectivity index (χ1) is 13.2. The van der Waals surface area contributed by atoms with Crippen molar-refractivity contribution in [2.45, 2.75) is 19.8 Å². The Balaban J connectivity index is 1.51. The van der Waals surface area contributed by atoms with Crippen molar-refractivity contribution in [1.29, 1.82) is 5.26 Å². The molecule has 0 unspecified atom stereocenters. The summed E-state index contributed by atoms with van der Waals surface area (Å²) in [6, 6.07) is 17.6. The van der Waals surface area contributed by atoms with Gasteiger partial charge in [0.25, 0.3) is 0 Å². The predicted molar refractivity (Wildman–Crippen MR) is 106 cm³/mol. The van der Waals surface area contributed by atoms with Crippen LogP contribution in [-0.2, 0) is 11.2 Å². The number of benzene rings is 2. The van der Waals surface area contributed by atoms with Gasteiger partial charge in [0.05, 0.1) is 23.9 Å². The lowest BCUT2D eigenvalue weighted by atomic mass is 10.1. The van der Waals surface area contributed by atoms with Gasteiger partial charge in [-0.25, -0.2) is 0 Å². The summed E-state index contributed by atoms with van der Waals surface area (Å²) in [7, 11) is 0. The third-order valence-electron chi connectivity index (χ3n) is 4.85. The average Bonchev–Trinajstić information content (AvgIpc) is 2.73. The Labute approximate surface area is 160 Å². The van der Waals surface area contributed by atoms with Gasteiger partial charge in [0.1, 0.15) is 5.75 Å². The van der Waals surface area contributed by atoms with Crippen LogP contribution < -0.4 is 9.64 Å². The molecule has 1 saturated heterocycles. The van der Waals surface area contributed by atoms with Crippen molar-refractivity contribution in [2.75, 3.05) is 37.7 Å². The van der Waals surface area contributed by atoms with E-state index in [1.165, 1.54) is 0 Å². The molecule has 0 radical (unpaired) electrons. The molecule has 0 atom stereocenters. The smallest absolute Gasteiger partial charge is 0.223 e. The molecule has 0 spiro atoms. The molecular formula is C22H25N3O2. The summed E-state index contributed by atoms with van der Waals surface area (Å²) in [5.41, 5.74) is 2.84. The van der Waals surface area contributed by atoms with Gasteiger partial charge in [-0.2, -0.15) is 5.26 Å². The van der Waals surface area contributed by atoms with Crippen molar-refractivity contribution < 1.29 is 9.53 Å². The van der Waals surface area contributed by atoms with E-state index in [0.29, 0.717) is 25.0 Å². The molecule has 0 aliphatic carbocycles. The monoisotopic (exact) mass is 363 g/mol. The van der Waals surface area contributed by atoms with Crippen molar-refractivity contribution in [1.82, 2.24) is 4.90 Å². The first kappa shape index (κ1) is 18.8. The van der Waals surface area contributed by atoms with Gasteiger partial charge in [0.2, 0.25) is 5.91 Å². The molecule has 0 N–H and O–H groups in total. The summed E-state index contributed by atoms with van der Waals surface area (Å²) in [5.74, 6) is 1.10. The summed E-state index contributed by atoms with van der Waals surface area (Å²) in [4.78, 5) is 16.8. The molecular weight excluding hydrogens is 338 g/mol. The fourth-order valence-corrected chi connectivity index (χ4v) is 3.35. The van der Waals surface area contributed by atoms with E-state index in [2.05, 4.69) is 17.0 Å². The standard InChI is InChI=1S/C22H25N3O2/c1-2-27-21-6-4-3-5-20(21)24-13-15-25(16-14-24)22(26)12-11-18-7-9-19(17-23)10-8-18/h3-10H,2,11-16H2,1H3. The van der Waals surface area contributed by atoms with Crippen molar-refractivity contribution in [3.8, 4) is 11.8 Å². The number of ether oxygens (including phenoxy) is 1. The van der Waals surface area contributed by atoms with Gasteiger partial charge in [0.15, 0.2) is 0 Å². The summed E-state index contributed by atoms with van der Waals surface area (Å²) in [5, 5.41) is 8.84. The van der Waals surface area contributed by atoms with Crippen LogP contribution in [0, 0.1) is 11.3 Å². The van der Waals surface area contributed by atoms with Gasteiger partial charge in [-0.3, -0.25) is 4.79 Å². The number of hydrogen-bond donors (Lipinski definition) is 0. The van der Waals surface area contributed by atoms with Crippen molar-refractivity contribution in [3.05, 3.63) is 59.7 Å². The Bertz CT molecular complexity index is 803. The molecule has 1 aliphatic heterocycles. The maximum absolute atomic E-state index is 12.5. The highest BCUT2D eigenvalue weighted by molar-refractivity contribution is 5.77. The van der Waals surface area contributed by atoms with Crippen LogP contribution in [-0.4, -0.2) is 43.6 Å². The molecule has 27 heavy (non-hydrogen) atoms. The fraction of sp³-hybridized carbons (Fsp3) is 0.364. The summed E-state index contributed by atoms with van der Waals surface area (Å²) < 4.78 is 5.73. The minimum atomic E-state index is 0.192. The lowest BCUT2D eigenvalue weighted by Crippen LogP contribution is -2.49. The summed E-state index contributed by atoms with van der Waals surface area (Å²) >= 11 is 0. The number of anilines is 1. The zero-order chi connectivity index (χ0) is 19.1. The number of nitriles is 1. The number of hydrogen-bond acceptors (Lipinski definition) is 4. The molecule has 5 nitrogen and oxygen atoms in total. The lowest BCUT2D eigenvalue weighted by Gasteiger charge is -2.36. The van der Waals surface area contributed by atoms with Crippen LogP contribution >= 0.6 is 0 Å². The molecule has 5 heteroatoms. The van der Waals surface area contributed by atoms with Gasteiger partial charge >= 0.3 is 0 Å². The minimum absolute atomic E-state index is 0.192. The van der Waals surface area contributed by atoms with E-state index in [-0.39, 0.29) is 5.91 Å². The second kappa shape index (κ2) is 9.09. The van der Waals surface area contributed by atoms with Crippen molar-refractivity contribution >= 4 is 11.6 Å². The molecule has 0 bridgehead atoms. The topological polar surface area (TPSA) is 56.6 Å². The zero-order valence-electron chi connectivity index (χ0n) is 15.7. The van der Waals surface area contributed by atoms with Crippen LogP contribution in [0.5, 0.6) is 5.75 Å². The average molecular weight is 363 g/mol. The van der Waals surface area contributed by atoms with Crippen LogP contribution in [0.25, 0.3) is 0 Å². The highest BCUT2D eigenvalue weighted by Gasteiger charge is 2.22. The van der Waals surface area contributed by atoms with Crippen LogP contribution in [0.3, 0.4) is 0 Å². The maximum atomic E-state index is 12.5. The minimum Gasteiger partial charge on any atom is -0.492 e. The molecule has 2 aromatic carbocycles. The van der Waals surface area contributed by atoms with E-state index in [0.717, 1.165) is 43.2 Å². The Morgan fingerprint density at radius 2 is 1.78 bits per heavy atom. The lowest BCUT2D eigenvalue weighted by molar-refractivity contribution is -0.131. The normalized spacial score (nSPS) is 13.9. The van der Waals surface area contributed by atoms with Gasteiger partial charge in [-0.15, -0.1) is 0 Å². The van der Waals surface area contributed by atoms with E-state index in [4.69, 9.17) is 10.00 Å². The number of aryl methyl sites for hydroxylation is 1. The maximum Gasteiger partial charge on any atom is 0.223 e. The predicted octanol–water partition coefficient (Wildman–Crippen LogP) is 3.24. The third kappa shape index (κ3) is 4.79. The molecule has 1 amide bonds. The fourth-order valence-electron chi connectivity index (χ4n) is 3.35. The number of carbonyl (C=O) groups is 1. The molecule has 0 aromatic heterocycles. The zero-order valence-corrected chi connectivity index (χ0v) is 15.7. The van der Waals surface area contributed by atoms with Crippen molar-refractivity contribution in [2.24, 2.45) is 0 Å².